The SMILES string of the molecule is COc1ccc(C2(C(=O)N(CCCc3cc(C)ccc3F)Cc3nc(C(=O)NS(N)(=O)=O)c(C)s3)CC2)nc1. The molecule has 2 aromatic heterocycles. The summed E-state index contributed by atoms with van der Waals surface area (Å²) in [4.78, 5) is 37.2. The predicted molar refractivity (Wildman–Crippen MR) is 144 cm³/mol. The molecule has 1 aromatic carbocycles. The molecule has 0 spiro atoms. The average Bonchev–Trinajstić information content (AvgIpc) is 3.61. The summed E-state index contributed by atoms with van der Waals surface area (Å²) in [5, 5.41) is 5.38. The van der Waals surface area contributed by atoms with E-state index in [1.54, 1.807) is 54.1 Å². The summed E-state index contributed by atoms with van der Waals surface area (Å²) < 4.78 is 43.8. The van der Waals surface area contributed by atoms with Crippen molar-refractivity contribution in [2.24, 2.45) is 5.14 Å². The molecular formula is C26H30FN5O5S2. The maximum atomic E-state index is 14.3. The van der Waals surface area contributed by atoms with Gasteiger partial charge in [0, 0.05) is 11.4 Å². The van der Waals surface area contributed by atoms with E-state index in [-0.39, 0.29) is 24.0 Å². The van der Waals surface area contributed by atoms with Crippen LogP contribution in [0.1, 0.15) is 56.5 Å². The number of halogens is 1. The first-order valence-electron chi connectivity index (χ1n) is 12.3. The van der Waals surface area contributed by atoms with Crippen molar-refractivity contribution in [3.05, 3.63) is 74.7 Å². The number of methoxy groups -OCH3 is 1. The summed E-state index contributed by atoms with van der Waals surface area (Å²) in [5.74, 6) is -0.775. The van der Waals surface area contributed by atoms with Gasteiger partial charge in [-0.25, -0.2) is 19.2 Å². The van der Waals surface area contributed by atoms with Crippen LogP contribution in [0.25, 0.3) is 0 Å². The smallest absolute Gasteiger partial charge is 0.299 e. The quantitative estimate of drug-likeness (QED) is 0.358. The van der Waals surface area contributed by atoms with Crippen molar-refractivity contribution >= 4 is 33.4 Å². The van der Waals surface area contributed by atoms with Crippen LogP contribution in [0, 0.1) is 19.7 Å². The number of ether oxygens (including phenoxy) is 1. The van der Waals surface area contributed by atoms with E-state index >= 15 is 0 Å². The summed E-state index contributed by atoms with van der Waals surface area (Å²) in [6.45, 7) is 3.95. The Hall–Kier alpha value is -3.42. The maximum absolute atomic E-state index is 14.3. The Kier molecular flexibility index (Phi) is 8.33. The summed E-state index contributed by atoms with van der Waals surface area (Å²) in [5.41, 5.74) is 1.32. The third kappa shape index (κ3) is 6.78. The second kappa shape index (κ2) is 11.4. The number of carbonyl (C=O) groups is 2. The number of carbonyl (C=O) groups excluding carboxylic acids is 2. The van der Waals surface area contributed by atoms with Crippen LogP contribution in [0.15, 0.2) is 36.5 Å². The van der Waals surface area contributed by atoms with Crippen molar-refractivity contribution < 1.29 is 27.1 Å². The summed E-state index contributed by atoms with van der Waals surface area (Å²) in [6.07, 6.45) is 3.78. The van der Waals surface area contributed by atoms with E-state index in [0.29, 0.717) is 59.1 Å². The Morgan fingerprint density at radius 1 is 1.23 bits per heavy atom. The van der Waals surface area contributed by atoms with Crippen molar-refractivity contribution in [1.82, 2.24) is 19.6 Å². The lowest BCUT2D eigenvalue weighted by Crippen LogP contribution is -2.40. The highest BCUT2D eigenvalue weighted by atomic mass is 32.2. The van der Waals surface area contributed by atoms with Gasteiger partial charge in [-0.3, -0.25) is 14.6 Å². The number of hydrogen-bond acceptors (Lipinski definition) is 8. The highest BCUT2D eigenvalue weighted by Gasteiger charge is 2.54. The zero-order valence-electron chi connectivity index (χ0n) is 21.9. The highest BCUT2D eigenvalue weighted by Crippen LogP contribution is 2.49. The van der Waals surface area contributed by atoms with Crippen LogP contribution in [-0.4, -0.2) is 48.8 Å². The van der Waals surface area contributed by atoms with Crippen LogP contribution in [-0.2, 0) is 33.4 Å². The lowest BCUT2D eigenvalue weighted by Gasteiger charge is -2.27. The van der Waals surface area contributed by atoms with Gasteiger partial charge >= 0.3 is 0 Å². The van der Waals surface area contributed by atoms with E-state index in [9.17, 15) is 22.4 Å². The maximum Gasteiger partial charge on any atom is 0.299 e. The number of nitrogens with two attached hydrogens (primary N) is 1. The molecule has 0 saturated heterocycles. The normalized spacial score (nSPS) is 14.1. The van der Waals surface area contributed by atoms with Crippen molar-refractivity contribution in [2.45, 2.75) is 51.5 Å². The minimum Gasteiger partial charge on any atom is -0.495 e. The third-order valence-electron chi connectivity index (χ3n) is 6.60. The van der Waals surface area contributed by atoms with Crippen molar-refractivity contribution in [2.75, 3.05) is 13.7 Å². The van der Waals surface area contributed by atoms with Gasteiger partial charge in [-0.05, 0) is 63.3 Å². The second-order valence-electron chi connectivity index (χ2n) is 9.58. The molecule has 2 amide bonds. The van der Waals surface area contributed by atoms with E-state index in [4.69, 9.17) is 9.88 Å². The number of rotatable bonds is 11. The fraction of sp³-hybridized carbons (Fsp3) is 0.385. The fourth-order valence-corrected chi connectivity index (χ4v) is 5.77. The first-order valence-corrected chi connectivity index (χ1v) is 14.6. The molecule has 0 bridgehead atoms. The number of aromatic nitrogens is 2. The van der Waals surface area contributed by atoms with Crippen LogP contribution in [0.3, 0.4) is 0 Å². The van der Waals surface area contributed by atoms with E-state index in [2.05, 4.69) is 9.97 Å². The van der Waals surface area contributed by atoms with Gasteiger partial charge in [0.1, 0.15) is 22.3 Å². The Balaban J connectivity index is 1.57. The van der Waals surface area contributed by atoms with E-state index in [0.717, 1.165) is 5.56 Å². The number of benzene rings is 1. The van der Waals surface area contributed by atoms with Crippen molar-refractivity contribution in [3.63, 3.8) is 0 Å². The van der Waals surface area contributed by atoms with Crippen molar-refractivity contribution in [3.8, 4) is 5.75 Å². The van der Waals surface area contributed by atoms with Gasteiger partial charge in [0.25, 0.3) is 16.1 Å². The van der Waals surface area contributed by atoms with E-state index in [1.165, 1.54) is 17.4 Å². The molecule has 208 valence electrons. The summed E-state index contributed by atoms with van der Waals surface area (Å²) in [6, 6.07) is 8.50. The summed E-state index contributed by atoms with van der Waals surface area (Å²) in [7, 11) is -2.71. The molecule has 0 atom stereocenters. The number of nitrogens with zero attached hydrogens (tertiary/aromatic N) is 3. The number of hydrogen-bond donors (Lipinski definition) is 2. The van der Waals surface area contributed by atoms with Gasteiger partial charge in [-0.1, -0.05) is 17.7 Å². The minimum absolute atomic E-state index is 0.0730. The molecule has 1 saturated carbocycles. The molecule has 1 aliphatic rings. The Morgan fingerprint density at radius 3 is 2.59 bits per heavy atom. The van der Waals surface area contributed by atoms with Gasteiger partial charge in [-0.2, -0.15) is 8.42 Å². The molecule has 0 unspecified atom stereocenters. The standard InChI is InChI=1S/C26H30FN5O5S2/c1-16-6-8-20(27)18(13-16)5-4-12-32(15-22-30-23(17(2)38-22)24(33)31-39(28,35)36)25(34)26(10-11-26)21-9-7-19(37-3)14-29-21/h6-9,13-14H,4-5,10-12,15H2,1-3H3,(H,31,33)(H2,28,35,36). The number of nitrogens with one attached hydrogen (secondary N) is 1. The largest absolute Gasteiger partial charge is 0.495 e. The third-order valence-corrected chi connectivity index (χ3v) is 8.03. The van der Waals surface area contributed by atoms with Gasteiger partial charge in [0.2, 0.25) is 5.91 Å². The lowest BCUT2D eigenvalue weighted by atomic mass is 9.99. The highest BCUT2D eigenvalue weighted by molar-refractivity contribution is 7.87. The first-order chi connectivity index (χ1) is 18.4. The van der Waals surface area contributed by atoms with Gasteiger partial charge in [0.15, 0.2) is 0 Å². The molecule has 3 N–H and O–H groups in total. The van der Waals surface area contributed by atoms with Gasteiger partial charge in [-0.15, -0.1) is 11.3 Å². The number of amides is 2. The molecule has 4 rings (SSSR count). The number of thiazole rings is 1. The van der Waals surface area contributed by atoms with Crippen LogP contribution in [0.4, 0.5) is 4.39 Å². The Morgan fingerprint density at radius 2 is 1.97 bits per heavy atom. The Bertz CT molecular complexity index is 1490. The molecule has 2 heterocycles. The van der Waals surface area contributed by atoms with Gasteiger partial charge in [0.05, 0.1) is 31.0 Å². The predicted octanol–water partition coefficient (Wildman–Crippen LogP) is 2.93. The zero-order chi connectivity index (χ0) is 28.4. The second-order valence-corrected chi connectivity index (χ2v) is 12.2. The molecule has 1 fully saturated rings. The minimum atomic E-state index is -4.25. The molecule has 13 heteroatoms. The monoisotopic (exact) mass is 575 g/mol. The average molecular weight is 576 g/mol. The van der Waals surface area contributed by atoms with E-state index < -0.39 is 21.5 Å². The number of pyridine rings is 1. The van der Waals surface area contributed by atoms with Crippen LogP contribution < -0.4 is 14.6 Å². The molecule has 1 aliphatic carbocycles. The zero-order valence-corrected chi connectivity index (χ0v) is 23.5. The van der Waals surface area contributed by atoms with Gasteiger partial charge < -0.3 is 9.64 Å². The topological polar surface area (TPSA) is 145 Å². The van der Waals surface area contributed by atoms with Crippen LogP contribution >= 0.6 is 11.3 Å². The molecule has 10 nitrogen and oxygen atoms in total. The molecule has 3 aromatic rings. The van der Waals surface area contributed by atoms with Crippen LogP contribution in [0.2, 0.25) is 0 Å². The molecule has 0 aliphatic heterocycles. The van der Waals surface area contributed by atoms with Crippen LogP contribution in [0.5, 0.6) is 5.75 Å². The van der Waals surface area contributed by atoms with E-state index in [1.807, 2.05) is 6.92 Å². The van der Waals surface area contributed by atoms with Crippen molar-refractivity contribution in [1.29, 1.82) is 0 Å². The number of aryl methyl sites for hydroxylation is 3. The Labute approximate surface area is 230 Å². The fourth-order valence-electron chi connectivity index (χ4n) is 4.47. The molecule has 39 heavy (non-hydrogen) atoms. The lowest BCUT2D eigenvalue weighted by molar-refractivity contribution is -0.134. The summed E-state index contributed by atoms with van der Waals surface area (Å²) >= 11 is 1.19. The molecule has 0 radical (unpaired) electrons. The molecular weight excluding hydrogens is 545 g/mol. The first kappa shape index (κ1) is 28.6.